The molecule has 4 N–H and O–H groups in total. The lowest BCUT2D eigenvalue weighted by atomic mass is 10.0. The monoisotopic (exact) mass is 466 g/mol. The first kappa shape index (κ1) is 28.5. The van der Waals surface area contributed by atoms with Crippen molar-refractivity contribution in [2.75, 3.05) is 6.54 Å². The highest BCUT2D eigenvalue weighted by atomic mass is 16.6. The minimum atomic E-state index is -1.04. The summed E-state index contributed by atoms with van der Waals surface area (Å²) in [5.74, 6) is -3.46. The largest absolute Gasteiger partial charge is 0.507 e. The molecule has 0 radical (unpaired) electrons. The van der Waals surface area contributed by atoms with Crippen LogP contribution in [0.2, 0.25) is 0 Å². The molecule has 8 nitrogen and oxygen atoms in total. The van der Waals surface area contributed by atoms with Gasteiger partial charge in [-0.05, 0) is 6.42 Å². The van der Waals surface area contributed by atoms with Crippen LogP contribution in [0.1, 0.15) is 120 Å². The Morgan fingerprint density at radius 1 is 0.788 bits per heavy atom. The summed E-state index contributed by atoms with van der Waals surface area (Å²) in [5, 5.41) is 42.7. The lowest BCUT2D eigenvalue weighted by Gasteiger charge is -2.09. The van der Waals surface area contributed by atoms with Crippen LogP contribution in [0.4, 0.5) is 5.69 Å². The number of amides is 1. The maximum atomic E-state index is 12.2. The van der Waals surface area contributed by atoms with Crippen molar-refractivity contribution in [2.24, 2.45) is 0 Å². The van der Waals surface area contributed by atoms with Gasteiger partial charge in [-0.1, -0.05) is 103 Å². The molecule has 0 unspecified atom stereocenters. The van der Waals surface area contributed by atoms with Gasteiger partial charge in [0.1, 0.15) is 11.3 Å². The zero-order valence-electron chi connectivity index (χ0n) is 20.1. The molecule has 0 aliphatic rings. The Hall–Kier alpha value is -2.51. The summed E-state index contributed by atoms with van der Waals surface area (Å²) in [5.41, 5.74) is -1.60. The first-order valence-electron chi connectivity index (χ1n) is 12.6. The highest BCUT2D eigenvalue weighted by Crippen LogP contribution is 2.42. The molecule has 0 aliphatic heterocycles. The number of nitro benzene ring substituents is 1. The van der Waals surface area contributed by atoms with Gasteiger partial charge in [0.2, 0.25) is 11.5 Å². The van der Waals surface area contributed by atoms with E-state index in [1.807, 2.05) is 0 Å². The molecular weight excluding hydrogens is 424 g/mol. The number of phenols is 3. The van der Waals surface area contributed by atoms with Gasteiger partial charge >= 0.3 is 5.69 Å². The molecular formula is C25H42N2O6. The number of carbonyl (C=O) groups excluding carboxylic acids is 1. The maximum absolute atomic E-state index is 12.2. The zero-order chi connectivity index (χ0) is 24.5. The van der Waals surface area contributed by atoms with Crippen molar-refractivity contribution in [3.8, 4) is 17.2 Å². The molecule has 0 bridgehead atoms. The predicted octanol–water partition coefficient (Wildman–Crippen LogP) is 6.70. The van der Waals surface area contributed by atoms with E-state index in [2.05, 4.69) is 12.2 Å². The van der Waals surface area contributed by atoms with Crippen LogP contribution >= 0.6 is 0 Å². The lowest BCUT2D eigenvalue weighted by Crippen LogP contribution is -2.24. The molecule has 188 valence electrons. The minimum absolute atomic E-state index is 0.338. The highest BCUT2D eigenvalue weighted by Gasteiger charge is 2.29. The average molecular weight is 467 g/mol. The number of nitrogens with zero attached hydrogens (tertiary/aromatic N) is 1. The van der Waals surface area contributed by atoms with Crippen molar-refractivity contribution in [1.29, 1.82) is 0 Å². The number of benzene rings is 1. The van der Waals surface area contributed by atoms with E-state index in [0.717, 1.165) is 25.7 Å². The van der Waals surface area contributed by atoms with E-state index >= 15 is 0 Å². The fraction of sp³-hybridized carbons (Fsp3) is 0.720. The molecule has 33 heavy (non-hydrogen) atoms. The van der Waals surface area contributed by atoms with Crippen molar-refractivity contribution in [2.45, 2.75) is 110 Å². The van der Waals surface area contributed by atoms with E-state index in [1.54, 1.807) is 0 Å². The number of nitrogens with one attached hydrogen (secondary N) is 1. The number of hydrogen-bond acceptors (Lipinski definition) is 6. The van der Waals surface area contributed by atoms with Gasteiger partial charge in [0.05, 0.1) is 4.92 Å². The summed E-state index contributed by atoms with van der Waals surface area (Å²) < 4.78 is 0. The fourth-order valence-corrected chi connectivity index (χ4v) is 4.00. The Balaban J connectivity index is 2.06. The van der Waals surface area contributed by atoms with Gasteiger partial charge < -0.3 is 20.6 Å². The predicted molar refractivity (Wildman–Crippen MR) is 130 cm³/mol. The van der Waals surface area contributed by atoms with E-state index in [-0.39, 0.29) is 0 Å². The van der Waals surface area contributed by atoms with E-state index in [0.29, 0.717) is 12.6 Å². The number of hydrogen-bond donors (Lipinski definition) is 4. The SMILES string of the molecule is CCCCCCCCCCCCCCCCCCNC(=O)c1c(O)cc(O)c([N+](=O)[O-])c1O. The Morgan fingerprint density at radius 3 is 1.64 bits per heavy atom. The van der Waals surface area contributed by atoms with Crippen LogP contribution in [0.15, 0.2) is 6.07 Å². The second kappa shape index (κ2) is 17.0. The smallest absolute Gasteiger partial charge is 0.353 e. The van der Waals surface area contributed by atoms with Crippen molar-refractivity contribution in [3.63, 3.8) is 0 Å². The van der Waals surface area contributed by atoms with E-state index in [4.69, 9.17) is 0 Å². The Bertz CT molecular complexity index is 723. The van der Waals surface area contributed by atoms with Crippen LogP contribution in [0.5, 0.6) is 17.2 Å². The van der Waals surface area contributed by atoms with Crippen molar-refractivity contribution < 1.29 is 25.0 Å². The zero-order valence-corrected chi connectivity index (χ0v) is 20.1. The number of rotatable bonds is 19. The molecule has 0 fully saturated rings. The molecule has 0 aliphatic carbocycles. The number of unbranched alkanes of at least 4 members (excludes halogenated alkanes) is 15. The summed E-state index contributed by atoms with van der Waals surface area (Å²) in [6, 6.07) is 0.682. The first-order valence-corrected chi connectivity index (χ1v) is 12.6. The summed E-state index contributed by atoms with van der Waals surface area (Å²) in [7, 11) is 0. The van der Waals surface area contributed by atoms with Crippen LogP contribution in [0, 0.1) is 10.1 Å². The fourth-order valence-electron chi connectivity index (χ4n) is 4.00. The number of carbonyl (C=O) groups is 1. The van der Waals surface area contributed by atoms with Gasteiger partial charge in [-0.25, -0.2) is 0 Å². The van der Waals surface area contributed by atoms with Gasteiger partial charge in [-0.15, -0.1) is 0 Å². The van der Waals surface area contributed by atoms with E-state index < -0.39 is 39.3 Å². The topological polar surface area (TPSA) is 133 Å². The molecule has 8 heteroatoms. The molecule has 0 spiro atoms. The second-order valence-electron chi connectivity index (χ2n) is 8.80. The van der Waals surface area contributed by atoms with Crippen molar-refractivity contribution in [3.05, 3.63) is 21.7 Å². The van der Waals surface area contributed by atoms with Gasteiger partial charge in [0.15, 0.2) is 0 Å². The molecule has 1 aromatic rings. The van der Waals surface area contributed by atoms with Crippen molar-refractivity contribution >= 4 is 11.6 Å². The van der Waals surface area contributed by atoms with Crippen LogP contribution in [0.25, 0.3) is 0 Å². The molecule has 0 atom stereocenters. The summed E-state index contributed by atoms with van der Waals surface area (Å²) >= 11 is 0. The molecule has 1 aromatic carbocycles. The molecule has 1 amide bonds. The van der Waals surface area contributed by atoms with Gasteiger partial charge in [0.25, 0.3) is 5.91 Å². The third kappa shape index (κ3) is 11.3. The molecule has 0 aromatic heterocycles. The van der Waals surface area contributed by atoms with Gasteiger partial charge in [-0.2, -0.15) is 0 Å². The normalized spacial score (nSPS) is 10.9. The average Bonchev–Trinajstić information content (AvgIpc) is 2.75. The van der Waals surface area contributed by atoms with Crippen LogP contribution in [0.3, 0.4) is 0 Å². The quantitative estimate of drug-likeness (QED) is 0.102. The Labute approximate surface area is 197 Å². The number of nitro groups is 1. The standard InChI is InChI=1S/C25H42N2O6/c1-2-3-4-5-6-7-8-9-10-11-12-13-14-15-16-17-18-26-25(31)22-20(28)19-21(29)23(24(22)30)27(32)33/h19,28-30H,2-18H2,1H3,(H,26,31). The van der Waals surface area contributed by atoms with Crippen LogP contribution in [-0.4, -0.2) is 32.7 Å². The summed E-state index contributed by atoms with van der Waals surface area (Å²) in [4.78, 5) is 22.1. The molecule has 1 rings (SSSR count). The van der Waals surface area contributed by atoms with Crippen LogP contribution in [-0.2, 0) is 0 Å². The maximum Gasteiger partial charge on any atom is 0.353 e. The molecule has 0 saturated carbocycles. The molecule has 0 saturated heterocycles. The molecule has 0 heterocycles. The summed E-state index contributed by atoms with van der Waals surface area (Å²) in [6.07, 6.45) is 20.0. The Morgan fingerprint density at radius 2 is 1.21 bits per heavy atom. The number of aromatic hydroxyl groups is 3. The van der Waals surface area contributed by atoms with Gasteiger partial charge in [0, 0.05) is 12.6 Å². The summed E-state index contributed by atoms with van der Waals surface area (Å²) in [6.45, 7) is 2.59. The lowest BCUT2D eigenvalue weighted by molar-refractivity contribution is -0.386. The third-order valence-corrected chi connectivity index (χ3v) is 5.96. The number of phenolic OH excluding ortho intramolecular Hbond substituents is 3. The Kier molecular flexibility index (Phi) is 14.7. The second-order valence-corrected chi connectivity index (χ2v) is 8.80. The van der Waals surface area contributed by atoms with E-state index in [1.165, 1.54) is 77.0 Å². The van der Waals surface area contributed by atoms with Gasteiger partial charge in [-0.3, -0.25) is 14.9 Å². The van der Waals surface area contributed by atoms with E-state index in [9.17, 15) is 30.2 Å². The highest BCUT2D eigenvalue weighted by molar-refractivity contribution is 6.01. The first-order chi connectivity index (χ1) is 15.9. The van der Waals surface area contributed by atoms with Crippen molar-refractivity contribution in [1.82, 2.24) is 5.32 Å². The van der Waals surface area contributed by atoms with Crippen LogP contribution < -0.4 is 5.32 Å². The third-order valence-electron chi connectivity index (χ3n) is 5.96. The minimum Gasteiger partial charge on any atom is -0.507 e.